The number of carbonyl (C=O) groups is 1. The van der Waals surface area contributed by atoms with E-state index in [1.54, 1.807) is 0 Å². The number of likely N-dealkylation sites (tertiary alicyclic amines) is 1. The lowest BCUT2D eigenvalue weighted by molar-refractivity contribution is -0.133. The van der Waals surface area contributed by atoms with Gasteiger partial charge in [0.2, 0.25) is 5.91 Å². The molecule has 0 bridgehead atoms. The van der Waals surface area contributed by atoms with Gasteiger partial charge in [-0.2, -0.15) is 0 Å². The summed E-state index contributed by atoms with van der Waals surface area (Å²) in [4.78, 5) is 29.0. The third-order valence-electron chi connectivity index (χ3n) is 6.00. The molecular formula is C20H31N5O. The summed E-state index contributed by atoms with van der Waals surface area (Å²) < 4.78 is 0. The third-order valence-corrected chi connectivity index (χ3v) is 6.00. The molecule has 0 aromatic carbocycles. The maximum Gasteiger partial charge on any atom is 0.240 e. The van der Waals surface area contributed by atoms with Gasteiger partial charge >= 0.3 is 0 Å². The lowest BCUT2D eigenvalue weighted by Crippen LogP contribution is -2.53. The molecule has 4 rings (SSSR count). The summed E-state index contributed by atoms with van der Waals surface area (Å²) in [6.07, 6.45) is 4.39. The van der Waals surface area contributed by atoms with Crippen molar-refractivity contribution in [2.45, 2.75) is 64.5 Å². The summed E-state index contributed by atoms with van der Waals surface area (Å²) in [5.74, 6) is 3.03. The van der Waals surface area contributed by atoms with Crippen LogP contribution in [0.3, 0.4) is 0 Å². The van der Waals surface area contributed by atoms with Crippen molar-refractivity contribution >= 4 is 11.7 Å². The monoisotopic (exact) mass is 357 g/mol. The van der Waals surface area contributed by atoms with Gasteiger partial charge < -0.3 is 9.80 Å². The lowest BCUT2D eigenvalue weighted by atomic mass is 10.1. The predicted molar refractivity (Wildman–Crippen MR) is 102 cm³/mol. The second-order valence-electron chi connectivity index (χ2n) is 8.16. The Morgan fingerprint density at radius 2 is 1.81 bits per heavy atom. The van der Waals surface area contributed by atoms with Crippen LogP contribution >= 0.6 is 0 Å². The zero-order valence-electron chi connectivity index (χ0n) is 16.3. The van der Waals surface area contributed by atoms with Gasteiger partial charge in [-0.1, -0.05) is 6.92 Å². The Morgan fingerprint density at radius 1 is 1.08 bits per heavy atom. The van der Waals surface area contributed by atoms with Crippen molar-refractivity contribution in [3.05, 3.63) is 17.6 Å². The van der Waals surface area contributed by atoms with Crippen molar-refractivity contribution in [1.29, 1.82) is 0 Å². The zero-order chi connectivity index (χ0) is 18.3. The molecular weight excluding hydrogens is 326 g/mol. The van der Waals surface area contributed by atoms with E-state index in [2.05, 4.69) is 36.6 Å². The molecule has 1 aromatic heterocycles. The molecule has 3 aliphatic rings. The highest BCUT2D eigenvalue weighted by molar-refractivity contribution is 5.84. The van der Waals surface area contributed by atoms with Gasteiger partial charge in [-0.25, -0.2) is 9.97 Å². The van der Waals surface area contributed by atoms with Crippen LogP contribution in [0.5, 0.6) is 0 Å². The van der Waals surface area contributed by atoms with Crippen LogP contribution in [0.2, 0.25) is 0 Å². The van der Waals surface area contributed by atoms with Crippen LogP contribution in [0.1, 0.15) is 57.5 Å². The fourth-order valence-electron chi connectivity index (χ4n) is 4.17. The lowest BCUT2D eigenvalue weighted by Gasteiger charge is -2.38. The SMILES string of the molecule is CCc1cc(N2CCN(C3CCN(C(C)C)C3=O)CC2)nc(C2CC2)n1. The Bertz CT molecular complexity index is 664. The Balaban J connectivity index is 1.41. The summed E-state index contributed by atoms with van der Waals surface area (Å²) in [7, 11) is 0. The maximum absolute atomic E-state index is 12.7. The number of aryl methyl sites for hydroxylation is 1. The summed E-state index contributed by atoms with van der Waals surface area (Å²) >= 11 is 0. The fourth-order valence-corrected chi connectivity index (χ4v) is 4.17. The number of rotatable bonds is 5. The van der Waals surface area contributed by atoms with E-state index in [1.807, 2.05) is 4.90 Å². The Hall–Kier alpha value is -1.69. The van der Waals surface area contributed by atoms with Gasteiger partial charge in [0.15, 0.2) is 0 Å². The predicted octanol–water partition coefficient (Wildman–Crippen LogP) is 2.05. The number of piperazine rings is 1. The number of aromatic nitrogens is 2. The van der Waals surface area contributed by atoms with Crippen LogP contribution in [0.15, 0.2) is 6.07 Å². The molecule has 1 aliphatic carbocycles. The van der Waals surface area contributed by atoms with Crippen molar-refractivity contribution in [3.8, 4) is 0 Å². The Kier molecular flexibility index (Phi) is 4.86. The van der Waals surface area contributed by atoms with E-state index < -0.39 is 0 Å². The van der Waals surface area contributed by atoms with Crippen LogP contribution in [-0.4, -0.2) is 70.5 Å². The highest BCUT2D eigenvalue weighted by atomic mass is 16.2. The number of anilines is 1. The molecule has 6 heteroatoms. The largest absolute Gasteiger partial charge is 0.354 e. The normalized spacial score (nSPS) is 24.8. The highest BCUT2D eigenvalue weighted by Crippen LogP contribution is 2.38. The Morgan fingerprint density at radius 3 is 2.38 bits per heavy atom. The minimum absolute atomic E-state index is 0.0816. The van der Waals surface area contributed by atoms with E-state index in [-0.39, 0.29) is 6.04 Å². The van der Waals surface area contributed by atoms with Crippen molar-refractivity contribution < 1.29 is 4.79 Å². The van der Waals surface area contributed by atoms with Crippen LogP contribution in [0, 0.1) is 0 Å². The summed E-state index contributed by atoms with van der Waals surface area (Å²) in [5.41, 5.74) is 1.15. The standard InChI is InChI=1S/C20H31N5O/c1-4-16-13-18(22-19(21-16)15-5-6-15)24-11-9-23(10-12-24)17-7-8-25(14(2)3)20(17)26/h13-15,17H,4-12H2,1-3H3. The third kappa shape index (κ3) is 3.43. The maximum atomic E-state index is 12.7. The van der Waals surface area contributed by atoms with Crippen LogP contribution < -0.4 is 4.90 Å². The Labute approximate surface area is 156 Å². The van der Waals surface area contributed by atoms with Gasteiger partial charge in [0.25, 0.3) is 0 Å². The quantitative estimate of drug-likeness (QED) is 0.807. The first-order valence-electron chi connectivity index (χ1n) is 10.2. The molecule has 2 aliphatic heterocycles. The molecule has 0 N–H and O–H groups in total. The van der Waals surface area contributed by atoms with Crippen LogP contribution in [0.4, 0.5) is 5.82 Å². The van der Waals surface area contributed by atoms with Crippen molar-refractivity contribution in [3.63, 3.8) is 0 Å². The molecule has 2 saturated heterocycles. The van der Waals surface area contributed by atoms with Gasteiger partial charge in [0.1, 0.15) is 11.6 Å². The molecule has 6 nitrogen and oxygen atoms in total. The average Bonchev–Trinajstić information content (AvgIpc) is 3.43. The number of nitrogens with zero attached hydrogens (tertiary/aromatic N) is 5. The summed E-state index contributed by atoms with van der Waals surface area (Å²) in [6.45, 7) is 11.0. The number of hydrogen-bond donors (Lipinski definition) is 0. The number of carbonyl (C=O) groups excluding carboxylic acids is 1. The topological polar surface area (TPSA) is 52.6 Å². The smallest absolute Gasteiger partial charge is 0.240 e. The van der Waals surface area contributed by atoms with E-state index in [0.29, 0.717) is 17.9 Å². The van der Waals surface area contributed by atoms with Crippen LogP contribution in [-0.2, 0) is 11.2 Å². The second-order valence-corrected chi connectivity index (χ2v) is 8.16. The van der Waals surface area contributed by atoms with Crippen molar-refractivity contribution in [1.82, 2.24) is 19.8 Å². The molecule has 1 amide bonds. The van der Waals surface area contributed by atoms with E-state index >= 15 is 0 Å². The number of amides is 1. The molecule has 1 unspecified atom stereocenters. The molecule has 0 radical (unpaired) electrons. The van der Waals surface area contributed by atoms with E-state index in [0.717, 1.165) is 62.9 Å². The first-order chi connectivity index (χ1) is 12.6. The first kappa shape index (κ1) is 17.7. The molecule has 0 spiro atoms. The molecule has 3 heterocycles. The second kappa shape index (κ2) is 7.14. The molecule has 3 fully saturated rings. The van der Waals surface area contributed by atoms with Gasteiger partial charge in [0, 0.05) is 56.4 Å². The van der Waals surface area contributed by atoms with Gasteiger partial charge in [-0.3, -0.25) is 9.69 Å². The van der Waals surface area contributed by atoms with Crippen LogP contribution in [0.25, 0.3) is 0 Å². The molecule has 26 heavy (non-hydrogen) atoms. The van der Waals surface area contributed by atoms with Gasteiger partial charge in [-0.15, -0.1) is 0 Å². The van der Waals surface area contributed by atoms with Crippen molar-refractivity contribution in [2.24, 2.45) is 0 Å². The van der Waals surface area contributed by atoms with E-state index in [4.69, 9.17) is 9.97 Å². The molecule has 1 saturated carbocycles. The first-order valence-corrected chi connectivity index (χ1v) is 10.2. The van der Waals surface area contributed by atoms with E-state index in [9.17, 15) is 4.79 Å². The molecule has 1 atom stereocenters. The number of hydrogen-bond acceptors (Lipinski definition) is 5. The summed E-state index contributed by atoms with van der Waals surface area (Å²) in [5, 5.41) is 0. The van der Waals surface area contributed by atoms with Gasteiger partial charge in [-0.05, 0) is 39.5 Å². The minimum atomic E-state index is 0.0816. The van der Waals surface area contributed by atoms with E-state index in [1.165, 1.54) is 12.8 Å². The summed E-state index contributed by atoms with van der Waals surface area (Å²) in [6, 6.07) is 2.55. The fraction of sp³-hybridized carbons (Fsp3) is 0.750. The van der Waals surface area contributed by atoms with Crippen molar-refractivity contribution in [2.75, 3.05) is 37.6 Å². The average molecular weight is 358 g/mol. The highest BCUT2D eigenvalue weighted by Gasteiger charge is 2.38. The minimum Gasteiger partial charge on any atom is -0.354 e. The molecule has 142 valence electrons. The zero-order valence-corrected chi connectivity index (χ0v) is 16.3. The van der Waals surface area contributed by atoms with Gasteiger partial charge in [0.05, 0.1) is 6.04 Å². The molecule has 1 aromatic rings.